The van der Waals surface area contributed by atoms with Crippen LogP contribution in [0.1, 0.15) is 55.8 Å². The number of carbonyl (C=O) groups excluding carboxylic acids is 1. The van der Waals surface area contributed by atoms with Crippen molar-refractivity contribution in [3.63, 3.8) is 0 Å². The molecule has 1 saturated carbocycles. The van der Waals surface area contributed by atoms with Crippen molar-refractivity contribution in [2.45, 2.75) is 56.4 Å². The fraction of sp³-hybridized carbons (Fsp3) is 0.258. The molecule has 38 heavy (non-hydrogen) atoms. The maximum absolute atomic E-state index is 14.0. The molecule has 5 aromatic rings. The molecule has 7 heteroatoms. The molecule has 0 N–H and O–H groups in total. The van der Waals surface area contributed by atoms with Gasteiger partial charge in [-0.2, -0.15) is 0 Å². The Hall–Kier alpha value is -3.84. The number of benzene rings is 3. The van der Waals surface area contributed by atoms with Crippen LogP contribution in [0.5, 0.6) is 0 Å². The van der Waals surface area contributed by atoms with Gasteiger partial charge in [-0.3, -0.25) is 4.57 Å². The van der Waals surface area contributed by atoms with Crippen LogP contribution in [0.3, 0.4) is 0 Å². The second-order valence-corrected chi connectivity index (χ2v) is 12.9. The molecule has 1 aliphatic rings. The van der Waals surface area contributed by atoms with Crippen LogP contribution in [0, 0.1) is 6.92 Å². The Kier molecular flexibility index (Phi) is 5.54. The number of carbonyl (C=O) groups is 1. The zero-order chi connectivity index (χ0) is 26.8. The summed E-state index contributed by atoms with van der Waals surface area (Å²) in [6, 6.07) is 24.4. The molecule has 0 unspecified atom stereocenters. The molecule has 0 spiro atoms. The van der Waals surface area contributed by atoms with Gasteiger partial charge < -0.3 is 4.74 Å². The normalized spacial score (nSPS) is 17.7. The van der Waals surface area contributed by atoms with Crippen molar-refractivity contribution >= 4 is 37.9 Å². The predicted molar refractivity (Wildman–Crippen MR) is 149 cm³/mol. The number of aromatic nitrogens is 2. The average molecular weight is 527 g/mol. The Bertz CT molecular complexity index is 1800. The molecule has 0 bridgehead atoms. The Morgan fingerprint density at radius 3 is 2.26 bits per heavy atom. The van der Waals surface area contributed by atoms with E-state index in [4.69, 9.17) is 4.74 Å². The first-order valence-corrected chi connectivity index (χ1v) is 14.2. The average Bonchev–Trinajstić information content (AvgIpc) is 3.39. The number of ether oxygens (including phenoxy) is 1. The molecule has 1 aliphatic carbocycles. The van der Waals surface area contributed by atoms with Gasteiger partial charge in [0.1, 0.15) is 5.60 Å². The van der Waals surface area contributed by atoms with Crippen LogP contribution in [0.15, 0.2) is 90.0 Å². The Morgan fingerprint density at radius 2 is 1.55 bits per heavy atom. The molecular weight excluding hydrogens is 496 g/mol. The van der Waals surface area contributed by atoms with Gasteiger partial charge in [0, 0.05) is 28.6 Å². The van der Waals surface area contributed by atoms with Gasteiger partial charge in [-0.15, -0.1) is 0 Å². The fourth-order valence-corrected chi connectivity index (χ4v) is 6.90. The molecule has 2 heterocycles. The van der Waals surface area contributed by atoms with E-state index in [1.165, 1.54) is 3.97 Å². The van der Waals surface area contributed by atoms with Gasteiger partial charge in [-0.25, -0.2) is 17.2 Å². The van der Waals surface area contributed by atoms with E-state index in [1.54, 1.807) is 16.7 Å². The summed E-state index contributed by atoms with van der Waals surface area (Å²) in [4.78, 5) is 13.3. The lowest BCUT2D eigenvalue weighted by Gasteiger charge is -2.19. The molecule has 0 amide bonds. The highest BCUT2D eigenvalue weighted by atomic mass is 32.2. The van der Waals surface area contributed by atoms with Gasteiger partial charge in [-0.05, 0) is 75.9 Å². The van der Waals surface area contributed by atoms with Gasteiger partial charge in [-0.1, -0.05) is 54.1 Å². The van der Waals surface area contributed by atoms with E-state index in [0.717, 1.165) is 39.5 Å². The molecule has 1 fully saturated rings. The zero-order valence-electron chi connectivity index (χ0n) is 21.9. The van der Waals surface area contributed by atoms with Gasteiger partial charge >= 0.3 is 6.09 Å². The molecule has 6 nitrogen and oxygen atoms in total. The van der Waals surface area contributed by atoms with E-state index in [0.29, 0.717) is 5.52 Å². The summed E-state index contributed by atoms with van der Waals surface area (Å²) in [6.45, 7) is 7.49. The van der Waals surface area contributed by atoms with Crippen molar-refractivity contribution in [1.82, 2.24) is 8.54 Å². The lowest BCUT2D eigenvalue weighted by molar-refractivity contribution is 0.0544. The largest absolute Gasteiger partial charge is 0.443 e. The van der Waals surface area contributed by atoms with Crippen LogP contribution in [-0.4, -0.2) is 28.7 Å². The summed E-state index contributed by atoms with van der Waals surface area (Å²) >= 11 is 0. The predicted octanol–water partition coefficient (Wildman–Crippen LogP) is 7.20. The lowest BCUT2D eigenvalue weighted by atomic mass is 10.1. The standard InChI is InChI=1S/C31H30N2O4S/c1-20-13-15-22(16-14-20)38(35,36)33-27-11-7-5-9-21(27)17-29(33)25-18-24(25)26-19-32(30(34)37-31(2,3)4)28-12-8-6-10-23(26)28/h5-17,19,24-25H,18H2,1-4H3/t24-,25+/m1/s1. The van der Waals surface area contributed by atoms with Gasteiger partial charge in [0.05, 0.1) is 15.9 Å². The van der Waals surface area contributed by atoms with E-state index in [-0.39, 0.29) is 16.7 Å². The molecular formula is C31H30N2O4S. The topological polar surface area (TPSA) is 70.3 Å². The summed E-state index contributed by atoms with van der Waals surface area (Å²) in [7, 11) is -3.81. The van der Waals surface area contributed by atoms with Gasteiger partial charge in [0.25, 0.3) is 10.0 Å². The van der Waals surface area contributed by atoms with Gasteiger partial charge in [0.15, 0.2) is 0 Å². The minimum atomic E-state index is -3.81. The van der Waals surface area contributed by atoms with Crippen molar-refractivity contribution in [2.24, 2.45) is 0 Å². The molecule has 194 valence electrons. The minimum Gasteiger partial charge on any atom is -0.443 e. The summed E-state index contributed by atoms with van der Waals surface area (Å²) < 4.78 is 36.7. The fourth-order valence-electron chi connectivity index (χ4n) is 5.32. The number of fused-ring (bicyclic) bond motifs is 2. The number of nitrogens with zero attached hydrogens (tertiary/aromatic N) is 2. The Balaban J connectivity index is 1.45. The number of rotatable bonds is 4. The molecule has 6 rings (SSSR count). The second-order valence-electron chi connectivity index (χ2n) is 11.1. The van der Waals surface area contributed by atoms with Crippen LogP contribution in [0.25, 0.3) is 21.8 Å². The summed E-state index contributed by atoms with van der Waals surface area (Å²) in [5, 5.41) is 1.87. The highest BCUT2D eigenvalue weighted by Gasteiger charge is 2.45. The highest BCUT2D eigenvalue weighted by Crippen LogP contribution is 2.57. The van der Waals surface area contributed by atoms with E-state index in [1.807, 2.05) is 101 Å². The maximum atomic E-state index is 14.0. The zero-order valence-corrected chi connectivity index (χ0v) is 22.7. The Morgan fingerprint density at radius 1 is 0.895 bits per heavy atom. The number of hydrogen-bond acceptors (Lipinski definition) is 4. The number of aryl methyl sites for hydroxylation is 1. The molecule has 2 atom stereocenters. The van der Waals surface area contributed by atoms with E-state index < -0.39 is 21.7 Å². The van der Waals surface area contributed by atoms with E-state index in [2.05, 4.69) is 0 Å². The van der Waals surface area contributed by atoms with Crippen LogP contribution in [-0.2, 0) is 14.8 Å². The maximum Gasteiger partial charge on any atom is 0.419 e. The van der Waals surface area contributed by atoms with Crippen molar-refractivity contribution in [3.8, 4) is 0 Å². The molecule has 3 aromatic carbocycles. The molecule has 0 radical (unpaired) electrons. The van der Waals surface area contributed by atoms with Crippen molar-refractivity contribution in [1.29, 1.82) is 0 Å². The molecule has 2 aromatic heterocycles. The summed E-state index contributed by atoms with van der Waals surface area (Å²) in [6.07, 6.45) is 2.24. The first-order chi connectivity index (χ1) is 18.0. The van der Waals surface area contributed by atoms with Crippen LogP contribution < -0.4 is 0 Å². The monoisotopic (exact) mass is 526 g/mol. The molecule has 0 saturated heterocycles. The number of hydrogen-bond donors (Lipinski definition) is 0. The van der Waals surface area contributed by atoms with Crippen molar-refractivity contribution < 1.29 is 17.9 Å². The second kappa shape index (κ2) is 8.60. The summed E-state index contributed by atoms with van der Waals surface area (Å²) in [5.74, 6) is 0.0837. The smallest absolute Gasteiger partial charge is 0.419 e. The van der Waals surface area contributed by atoms with Crippen LogP contribution in [0.2, 0.25) is 0 Å². The first kappa shape index (κ1) is 24.5. The molecule has 0 aliphatic heterocycles. The van der Waals surface area contributed by atoms with Crippen LogP contribution in [0.4, 0.5) is 4.79 Å². The third kappa shape index (κ3) is 4.11. The van der Waals surface area contributed by atoms with E-state index in [9.17, 15) is 13.2 Å². The van der Waals surface area contributed by atoms with Crippen LogP contribution >= 0.6 is 0 Å². The lowest BCUT2D eigenvalue weighted by Crippen LogP contribution is -2.26. The SMILES string of the molecule is Cc1ccc(S(=O)(=O)n2c([C@H]3C[C@H]3c3cn(C(=O)OC(C)(C)C)c4ccccc34)cc3ccccc32)cc1. The quantitative estimate of drug-likeness (QED) is 0.248. The number of para-hydroxylation sites is 2. The van der Waals surface area contributed by atoms with Gasteiger partial charge in [0.2, 0.25) is 0 Å². The highest BCUT2D eigenvalue weighted by molar-refractivity contribution is 7.90. The first-order valence-electron chi connectivity index (χ1n) is 12.8. The third-order valence-corrected chi connectivity index (χ3v) is 8.91. The summed E-state index contributed by atoms with van der Waals surface area (Å²) in [5.41, 5.74) is 3.65. The van der Waals surface area contributed by atoms with E-state index >= 15 is 0 Å². The Labute approximate surface area is 222 Å². The minimum absolute atomic E-state index is 0.000478. The van der Waals surface area contributed by atoms with Crippen molar-refractivity contribution in [2.75, 3.05) is 0 Å². The van der Waals surface area contributed by atoms with Crippen molar-refractivity contribution in [3.05, 3.63) is 102 Å². The third-order valence-electron chi connectivity index (χ3n) is 7.16.